The van der Waals surface area contributed by atoms with Gasteiger partial charge in [-0.15, -0.1) is 0 Å². The van der Waals surface area contributed by atoms with Crippen molar-refractivity contribution in [3.05, 3.63) is 23.8 Å². The minimum atomic E-state index is -2.72. The molecule has 0 bridgehead atoms. The lowest BCUT2D eigenvalue weighted by Gasteiger charge is -2.21. The number of rotatable bonds is 2. The van der Waals surface area contributed by atoms with Crippen molar-refractivity contribution in [2.24, 2.45) is 5.92 Å². The van der Waals surface area contributed by atoms with Gasteiger partial charge in [0.2, 0.25) is 0 Å². The third kappa shape index (κ3) is 2.15. The Labute approximate surface area is 82.1 Å². The van der Waals surface area contributed by atoms with E-state index in [1.54, 1.807) is 0 Å². The quantitative estimate of drug-likeness (QED) is 0.766. The van der Waals surface area contributed by atoms with E-state index < -0.39 is 23.1 Å². The number of alkyl halides is 3. The lowest BCUT2D eigenvalue weighted by Crippen LogP contribution is -2.29. The van der Waals surface area contributed by atoms with Crippen LogP contribution in [0.5, 0.6) is 0 Å². The van der Waals surface area contributed by atoms with Crippen molar-refractivity contribution in [2.75, 3.05) is 0 Å². The molecule has 0 aromatic heterocycles. The molecular formula is C8H7BrF2O2. The van der Waals surface area contributed by atoms with Gasteiger partial charge in [0.1, 0.15) is 0 Å². The van der Waals surface area contributed by atoms with E-state index in [2.05, 4.69) is 15.9 Å². The number of carboxylic acids is 1. The smallest absolute Gasteiger partial charge is 0.312 e. The second-order valence-corrected chi connectivity index (χ2v) is 3.67. The van der Waals surface area contributed by atoms with Crippen molar-refractivity contribution in [1.82, 2.24) is 0 Å². The van der Waals surface area contributed by atoms with Crippen molar-refractivity contribution in [3.63, 3.8) is 0 Å². The molecule has 13 heavy (non-hydrogen) atoms. The Kier molecular flexibility index (Phi) is 3.19. The van der Waals surface area contributed by atoms with Crippen molar-refractivity contribution in [1.29, 1.82) is 0 Å². The Morgan fingerprint density at radius 2 is 2.23 bits per heavy atom. The van der Waals surface area contributed by atoms with Crippen LogP contribution in [0.1, 0.15) is 0 Å². The third-order valence-electron chi connectivity index (χ3n) is 1.78. The van der Waals surface area contributed by atoms with Crippen LogP contribution in [0.3, 0.4) is 0 Å². The fourth-order valence-electron chi connectivity index (χ4n) is 1.16. The van der Waals surface area contributed by atoms with E-state index in [0.717, 1.165) is 6.08 Å². The molecule has 1 N–H and O–H groups in total. The normalized spacial score (nSPS) is 27.5. The minimum absolute atomic E-state index is 0.350. The molecule has 0 aromatic rings. The van der Waals surface area contributed by atoms with Gasteiger partial charge in [-0.1, -0.05) is 34.2 Å². The van der Waals surface area contributed by atoms with Crippen molar-refractivity contribution in [3.8, 4) is 0 Å². The maximum atomic E-state index is 12.3. The number of aliphatic carboxylic acids is 1. The molecule has 0 saturated carbocycles. The second-order valence-electron chi connectivity index (χ2n) is 2.61. The number of hydrogen-bond donors (Lipinski definition) is 1. The third-order valence-corrected chi connectivity index (χ3v) is 2.61. The zero-order valence-electron chi connectivity index (χ0n) is 6.45. The van der Waals surface area contributed by atoms with Crippen LogP contribution in [0.15, 0.2) is 23.8 Å². The molecule has 2 unspecified atom stereocenters. The highest BCUT2D eigenvalue weighted by atomic mass is 79.9. The van der Waals surface area contributed by atoms with Crippen LogP contribution in [0, 0.1) is 5.92 Å². The molecule has 0 radical (unpaired) electrons. The van der Waals surface area contributed by atoms with Crippen molar-refractivity contribution >= 4 is 21.9 Å². The highest BCUT2D eigenvalue weighted by molar-refractivity contribution is 9.09. The first-order valence-electron chi connectivity index (χ1n) is 3.57. The Bertz CT molecular complexity index is 273. The van der Waals surface area contributed by atoms with Gasteiger partial charge < -0.3 is 5.11 Å². The van der Waals surface area contributed by atoms with Crippen LogP contribution in [-0.4, -0.2) is 22.3 Å². The highest BCUT2D eigenvalue weighted by Crippen LogP contribution is 2.30. The molecule has 2 atom stereocenters. The topological polar surface area (TPSA) is 37.3 Å². The summed E-state index contributed by atoms with van der Waals surface area (Å²) < 4.78 is 24.6. The number of allylic oxidation sites excluding steroid dienone is 3. The van der Waals surface area contributed by atoms with Crippen molar-refractivity contribution < 1.29 is 18.7 Å². The summed E-state index contributed by atoms with van der Waals surface area (Å²) in [6.45, 7) is 0. The standard InChI is InChI=1S/C8H7BrF2O2/c9-5-3-1-2-4(7(10)11)6(5)8(12)13/h1-3,5-7H,(H,12,13). The van der Waals surface area contributed by atoms with Crippen LogP contribution in [0.25, 0.3) is 0 Å². The van der Waals surface area contributed by atoms with Gasteiger partial charge in [0, 0.05) is 5.57 Å². The van der Waals surface area contributed by atoms with Gasteiger partial charge in [-0.3, -0.25) is 4.79 Å². The lowest BCUT2D eigenvalue weighted by molar-refractivity contribution is -0.140. The first-order chi connectivity index (χ1) is 6.04. The molecule has 1 aliphatic carbocycles. The molecule has 0 amide bonds. The van der Waals surface area contributed by atoms with E-state index in [9.17, 15) is 13.6 Å². The monoisotopic (exact) mass is 252 g/mol. The van der Waals surface area contributed by atoms with Crippen LogP contribution < -0.4 is 0 Å². The predicted molar refractivity (Wildman–Crippen MR) is 47.1 cm³/mol. The minimum Gasteiger partial charge on any atom is -0.481 e. The number of carboxylic acid groups (broad SMARTS) is 1. The summed E-state index contributed by atoms with van der Waals surface area (Å²) in [5.41, 5.74) is -0.350. The van der Waals surface area contributed by atoms with Crippen LogP contribution in [-0.2, 0) is 4.79 Å². The van der Waals surface area contributed by atoms with E-state index >= 15 is 0 Å². The maximum Gasteiger partial charge on any atom is 0.312 e. The van der Waals surface area contributed by atoms with Gasteiger partial charge in [-0.25, -0.2) is 8.78 Å². The van der Waals surface area contributed by atoms with Gasteiger partial charge in [-0.2, -0.15) is 0 Å². The average Bonchev–Trinajstić information content (AvgIpc) is 2.02. The maximum absolute atomic E-state index is 12.3. The van der Waals surface area contributed by atoms with E-state index in [1.807, 2.05) is 0 Å². The summed E-state index contributed by atoms with van der Waals surface area (Å²) in [6, 6.07) is 0. The molecule has 72 valence electrons. The van der Waals surface area contributed by atoms with Gasteiger partial charge in [-0.05, 0) is 0 Å². The Morgan fingerprint density at radius 3 is 2.62 bits per heavy atom. The molecule has 0 heterocycles. The average molecular weight is 253 g/mol. The largest absolute Gasteiger partial charge is 0.481 e. The Morgan fingerprint density at radius 1 is 1.62 bits per heavy atom. The molecule has 1 rings (SSSR count). The summed E-state index contributed by atoms with van der Waals surface area (Å²) in [7, 11) is 0. The molecule has 2 nitrogen and oxygen atoms in total. The summed E-state index contributed by atoms with van der Waals surface area (Å²) in [4.78, 5) is 10.1. The SMILES string of the molecule is O=C(O)C1C(C(F)F)=CC=CC1Br. The highest BCUT2D eigenvalue weighted by Gasteiger charge is 2.34. The molecule has 0 aromatic carbocycles. The fourth-order valence-corrected chi connectivity index (χ4v) is 1.87. The molecule has 0 saturated heterocycles. The van der Waals surface area contributed by atoms with E-state index in [0.29, 0.717) is 0 Å². The van der Waals surface area contributed by atoms with E-state index in [-0.39, 0.29) is 5.57 Å². The van der Waals surface area contributed by atoms with Gasteiger partial charge in [0.05, 0.1) is 10.7 Å². The Hall–Kier alpha value is -0.710. The molecular weight excluding hydrogens is 246 g/mol. The van der Waals surface area contributed by atoms with Gasteiger partial charge in [0.25, 0.3) is 6.43 Å². The van der Waals surface area contributed by atoms with Gasteiger partial charge in [0.15, 0.2) is 0 Å². The van der Waals surface area contributed by atoms with Crippen LogP contribution >= 0.6 is 15.9 Å². The van der Waals surface area contributed by atoms with E-state index in [1.165, 1.54) is 12.2 Å². The zero-order valence-corrected chi connectivity index (χ0v) is 8.04. The fraction of sp³-hybridized carbons (Fsp3) is 0.375. The second kappa shape index (κ2) is 4.00. The summed E-state index contributed by atoms with van der Waals surface area (Å²) >= 11 is 3.02. The molecule has 5 heteroatoms. The first kappa shape index (κ1) is 10.4. The molecule has 0 spiro atoms. The number of halogens is 3. The molecule has 0 fully saturated rings. The van der Waals surface area contributed by atoms with Gasteiger partial charge >= 0.3 is 5.97 Å². The van der Waals surface area contributed by atoms with Crippen LogP contribution in [0.2, 0.25) is 0 Å². The first-order valence-corrected chi connectivity index (χ1v) is 4.49. The zero-order chi connectivity index (χ0) is 10.0. The van der Waals surface area contributed by atoms with Crippen molar-refractivity contribution in [2.45, 2.75) is 11.3 Å². The number of carbonyl (C=O) groups is 1. The Balaban J connectivity index is 2.95. The predicted octanol–water partition coefficient (Wildman–Crippen LogP) is 2.21. The summed E-state index contributed by atoms with van der Waals surface area (Å²) in [6.07, 6.45) is 1.40. The van der Waals surface area contributed by atoms with Crippen LogP contribution in [0.4, 0.5) is 8.78 Å². The summed E-state index contributed by atoms with van der Waals surface area (Å²) in [5.74, 6) is -2.40. The lowest BCUT2D eigenvalue weighted by atomic mass is 9.92. The summed E-state index contributed by atoms with van der Waals surface area (Å²) in [5, 5.41) is 8.69. The molecule has 0 aliphatic heterocycles. The molecule has 1 aliphatic rings. The van der Waals surface area contributed by atoms with E-state index in [4.69, 9.17) is 5.11 Å². The number of hydrogen-bond acceptors (Lipinski definition) is 1.